The Balaban J connectivity index is 2.22. The van der Waals surface area contributed by atoms with Gasteiger partial charge in [0, 0.05) is 5.69 Å². The van der Waals surface area contributed by atoms with Crippen LogP contribution in [0.25, 0.3) is 0 Å². The minimum atomic E-state index is -0.137. The topological polar surface area (TPSA) is 26.0 Å². The maximum atomic E-state index is 13.5. The first-order valence-corrected chi connectivity index (χ1v) is 6.05. The third-order valence-electron chi connectivity index (χ3n) is 2.69. The summed E-state index contributed by atoms with van der Waals surface area (Å²) in [5.74, 6) is 2.56. The molecule has 1 aromatic carbocycles. The van der Waals surface area contributed by atoms with Crippen LogP contribution in [0, 0.1) is 5.82 Å². The van der Waals surface area contributed by atoms with E-state index in [1.165, 1.54) is 6.07 Å². The number of nitrogens with two attached hydrogens (primary N) is 1. The lowest BCUT2D eigenvalue weighted by Gasteiger charge is -2.22. The van der Waals surface area contributed by atoms with E-state index in [0.717, 1.165) is 29.9 Å². The van der Waals surface area contributed by atoms with Gasteiger partial charge in [0.15, 0.2) is 0 Å². The quantitative estimate of drug-likeness (QED) is 0.723. The number of hydrogen-bond acceptors (Lipinski definition) is 2. The van der Waals surface area contributed by atoms with E-state index in [-0.39, 0.29) is 5.82 Å². The molecule has 0 amide bonds. The second-order valence-corrected chi connectivity index (χ2v) is 4.89. The Morgan fingerprint density at radius 2 is 2.00 bits per heavy atom. The molecule has 0 radical (unpaired) electrons. The molecular formula is C11H14FNS. The van der Waals surface area contributed by atoms with Crippen LogP contribution >= 0.6 is 11.8 Å². The SMILES string of the molecule is Nc1ccc(C2CCSCC2)c(F)c1. The first-order valence-electron chi connectivity index (χ1n) is 4.90. The summed E-state index contributed by atoms with van der Waals surface area (Å²) < 4.78 is 13.5. The summed E-state index contributed by atoms with van der Waals surface area (Å²) in [6.45, 7) is 0. The van der Waals surface area contributed by atoms with Crippen molar-refractivity contribution in [1.82, 2.24) is 0 Å². The normalized spacial score (nSPS) is 18.4. The van der Waals surface area contributed by atoms with Crippen molar-refractivity contribution >= 4 is 17.4 Å². The van der Waals surface area contributed by atoms with Gasteiger partial charge in [0.2, 0.25) is 0 Å². The van der Waals surface area contributed by atoms with Crippen LogP contribution in [0.2, 0.25) is 0 Å². The molecule has 0 spiro atoms. The summed E-state index contributed by atoms with van der Waals surface area (Å²) >= 11 is 1.96. The van der Waals surface area contributed by atoms with Crippen LogP contribution in [-0.2, 0) is 0 Å². The van der Waals surface area contributed by atoms with Crippen molar-refractivity contribution < 1.29 is 4.39 Å². The van der Waals surface area contributed by atoms with Crippen molar-refractivity contribution in [3.8, 4) is 0 Å². The molecule has 1 aliphatic rings. The second kappa shape index (κ2) is 4.22. The fraction of sp³-hybridized carbons (Fsp3) is 0.455. The maximum Gasteiger partial charge on any atom is 0.128 e. The van der Waals surface area contributed by atoms with Gasteiger partial charge in [-0.25, -0.2) is 4.39 Å². The van der Waals surface area contributed by atoms with Gasteiger partial charge in [-0.3, -0.25) is 0 Å². The van der Waals surface area contributed by atoms with Gasteiger partial charge < -0.3 is 5.73 Å². The van der Waals surface area contributed by atoms with Crippen molar-refractivity contribution in [1.29, 1.82) is 0 Å². The van der Waals surface area contributed by atoms with Gasteiger partial charge in [0.1, 0.15) is 5.82 Å². The Kier molecular flexibility index (Phi) is 2.96. The zero-order chi connectivity index (χ0) is 9.97. The van der Waals surface area contributed by atoms with Crippen molar-refractivity contribution in [3.63, 3.8) is 0 Å². The second-order valence-electron chi connectivity index (χ2n) is 3.67. The first kappa shape index (κ1) is 9.84. The predicted molar refractivity (Wildman–Crippen MR) is 60.1 cm³/mol. The number of benzene rings is 1. The van der Waals surface area contributed by atoms with Gasteiger partial charge in [-0.05, 0) is 48.0 Å². The molecule has 0 aromatic heterocycles. The molecule has 1 fully saturated rings. The van der Waals surface area contributed by atoms with Crippen molar-refractivity contribution in [2.24, 2.45) is 0 Å². The smallest absolute Gasteiger partial charge is 0.128 e. The van der Waals surface area contributed by atoms with Crippen LogP contribution in [-0.4, -0.2) is 11.5 Å². The highest BCUT2D eigenvalue weighted by Gasteiger charge is 2.18. The molecule has 2 N–H and O–H groups in total. The Morgan fingerprint density at radius 3 is 2.64 bits per heavy atom. The fourth-order valence-electron chi connectivity index (χ4n) is 1.88. The van der Waals surface area contributed by atoms with Crippen LogP contribution in [0.4, 0.5) is 10.1 Å². The van der Waals surface area contributed by atoms with Crippen molar-refractivity contribution in [2.75, 3.05) is 17.2 Å². The van der Waals surface area contributed by atoms with E-state index in [1.54, 1.807) is 6.07 Å². The number of thioether (sulfide) groups is 1. The molecule has 0 saturated carbocycles. The summed E-state index contributed by atoms with van der Waals surface area (Å²) in [7, 11) is 0. The standard InChI is InChI=1S/C11H14FNS/c12-11-7-9(13)1-2-10(11)8-3-5-14-6-4-8/h1-2,7-8H,3-6,13H2. The predicted octanol–water partition coefficient (Wildman–Crippen LogP) is 3.02. The monoisotopic (exact) mass is 211 g/mol. The molecule has 0 aliphatic carbocycles. The average molecular weight is 211 g/mol. The number of hydrogen-bond donors (Lipinski definition) is 1. The van der Waals surface area contributed by atoms with Gasteiger partial charge in [0.25, 0.3) is 0 Å². The number of rotatable bonds is 1. The lowest BCUT2D eigenvalue weighted by atomic mass is 9.93. The lowest BCUT2D eigenvalue weighted by molar-refractivity contribution is 0.557. The van der Waals surface area contributed by atoms with Crippen LogP contribution < -0.4 is 5.73 Å². The van der Waals surface area contributed by atoms with Crippen LogP contribution in [0.1, 0.15) is 24.3 Å². The maximum absolute atomic E-state index is 13.5. The highest BCUT2D eigenvalue weighted by molar-refractivity contribution is 7.99. The third kappa shape index (κ3) is 2.03. The summed E-state index contributed by atoms with van der Waals surface area (Å²) in [6, 6.07) is 5.06. The Hall–Kier alpha value is -0.700. The van der Waals surface area contributed by atoms with E-state index in [9.17, 15) is 4.39 Å². The summed E-state index contributed by atoms with van der Waals surface area (Å²) in [5, 5.41) is 0. The van der Waals surface area contributed by atoms with E-state index in [0.29, 0.717) is 11.6 Å². The zero-order valence-electron chi connectivity index (χ0n) is 8.00. The molecule has 0 unspecified atom stereocenters. The minimum Gasteiger partial charge on any atom is -0.399 e. The molecule has 0 bridgehead atoms. The molecule has 1 aliphatic heterocycles. The Morgan fingerprint density at radius 1 is 1.29 bits per heavy atom. The number of anilines is 1. The van der Waals surface area contributed by atoms with Crippen LogP contribution in [0.3, 0.4) is 0 Å². The molecule has 2 rings (SSSR count). The average Bonchev–Trinajstić information content (AvgIpc) is 2.19. The Labute approximate surface area is 87.9 Å². The molecular weight excluding hydrogens is 197 g/mol. The number of halogens is 1. The molecule has 1 nitrogen and oxygen atoms in total. The van der Waals surface area contributed by atoms with Crippen LogP contribution in [0.5, 0.6) is 0 Å². The molecule has 1 saturated heterocycles. The molecule has 3 heteroatoms. The molecule has 76 valence electrons. The van der Waals surface area contributed by atoms with E-state index in [2.05, 4.69) is 0 Å². The van der Waals surface area contributed by atoms with E-state index in [1.807, 2.05) is 17.8 Å². The first-order chi connectivity index (χ1) is 6.77. The third-order valence-corrected chi connectivity index (χ3v) is 3.73. The van der Waals surface area contributed by atoms with E-state index < -0.39 is 0 Å². The molecule has 0 atom stereocenters. The lowest BCUT2D eigenvalue weighted by Crippen LogP contribution is -2.09. The van der Waals surface area contributed by atoms with Gasteiger partial charge in [-0.1, -0.05) is 6.07 Å². The largest absolute Gasteiger partial charge is 0.399 e. The zero-order valence-corrected chi connectivity index (χ0v) is 8.82. The van der Waals surface area contributed by atoms with Crippen molar-refractivity contribution in [3.05, 3.63) is 29.6 Å². The van der Waals surface area contributed by atoms with Gasteiger partial charge >= 0.3 is 0 Å². The minimum absolute atomic E-state index is 0.137. The van der Waals surface area contributed by atoms with E-state index in [4.69, 9.17) is 5.73 Å². The fourth-order valence-corrected chi connectivity index (χ4v) is 2.99. The molecule has 14 heavy (non-hydrogen) atoms. The molecule has 1 aromatic rings. The van der Waals surface area contributed by atoms with Crippen molar-refractivity contribution in [2.45, 2.75) is 18.8 Å². The van der Waals surface area contributed by atoms with Gasteiger partial charge in [-0.15, -0.1) is 0 Å². The number of nitrogen functional groups attached to an aromatic ring is 1. The highest BCUT2D eigenvalue weighted by Crippen LogP contribution is 2.33. The highest BCUT2D eigenvalue weighted by atomic mass is 32.2. The molecule has 1 heterocycles. The summed E-state index contributed by atoms with van der Waals surface area (Å²) in [6.07, 6.45) is 2.18. The van der Waals surface area contributed by atoms with Gasteiger partial charge in [-0.2, -0.15) is 11.8 Å². The van der Waals surface area contributed by atoms with Gasteiger partial charge in [0.05, 0.1) is 0 Å². The summed E-state index contributed by atoms with van der Waals surface area (Å²) in [4.78, 5) is 0. The Bertz CT molecular complexity index is 321. The summed E-state index contributed by atoms with van der Waals surface area (Å²) in [5.41, 5.74) is 6.87. The van der Waals surface area contributed by atoms with Crippen LogP contribution in [0.15, 0.2) is 18.2 Å². The van der Waals surface area contributed by atoms with E-state index >= 15 is 0 Å².